The van der Waals surface area contributed by atoms with Crippen LogP contribution < -0.4 is 0 Å². The minimum absolute atomic E-state index is 0.149. The monoisotopic (exact) mass is 651 g/mol. The summed E-state index contributed by atoms with van der Waals surface area (Å²) in [5.41, 5.74) is 10.5. The molecule has 8 aromatic carbocycles. The topological polar surface area (TPSA) is 38.7 Å². The number of hydrogen-bond donors (Lipinski definition) is 0. The summed E-state index contributed by atoms with van der Waals surface area (Å²) in [6, 6.07) is 58.3. The molecule has 0 N–H and O–H groups in total. The van der Waals surface area contributed by atoms with Crippen LogP contribution in [0.25, 0.3) is 88.7 Å². The van der Waals surface area contributed by atoms with Gasteiger partial charge in [0.25, 0.3) is 0 Å². The Morgan fingerprint density at radius 1 is 0.373 bits per heavy atom. The van der Waals surface area contributed by atoms with Crippen LogP contribution in [-0.2, 0) is 5.41 Å². The van der Waals surface area contributed by atoms with Crippen molar-refractivity contribution in [2.24, 2.45) is 0 Å². The maximum atomic E-state index is 4.98. The van der Waals surface area contributed by atoms with Gasteiger partial charge >= 0.3 is 0 Å². The molecule has 9 aromatic rings. The van der Waals surface area contributed by atoms with Crippen molar-refractivity contribution < 1.29 is 0 Å². The van der Waals surface area contributed by atoms with Gasteiger partial charge < -0.3 is 0 Å². The van der Waals surface area contributed by atoms with Crippen LogP contribution in [-0.4, -0.2) is 15.0 Å². The molecule has 0 amide bonds. The molecular formula is C48H33N3. The van der Waals surface area contributed by atoms with Crippen molar-refractivity contribution >= 4 is 32.3 Å². The van der Waals surface area contributed by atoms with Gasteiger partial charge in [0.2, 0.25) is 0 Å². The van der Waals surface area contributed by atoms with Crippen molar-refractivity contribution in [3.63, 3.8) is 0 Å². The van der Waals surface area contributed by atoms with Gasteiger partial charge in [0, 0.05) is 22.1 Å². The van der Waals surface area contributed by atoms with Crippen LogP contribution in [0.5, 0.6) is 0 Å². The van der Waals surface area contributed by atoms with Crippen LogP contribution in [0.2, 0.25) is 0 Å². The lowest BCUT2D eigenvalue weighted by molar-refractivity contribution is 0.667. The highest BCUT2D eigenvalue weighted by atomic mass is 15.0. The van der Waals surface area contributed by atoms with Crippen LogP contribution in [0.15, 0.2) is 164 Å². The predicted octanol–water partition coefficient (Wildman–Crippen LogP) is 12.3. The van der Waals surface area contributed by atoms with E-state index in [-0.39, 0.29) is 5.41 Å². The zero-order valence-corrected chi connectivity index (χ0v) is 28.4. The molecule has 1 aliphatic carbocycles. The zero-order valence-electron chi connectivity index (χ0n) is 28.4. The van der Waals surface area contributed by atoms with Crippen molar-refractivity contribution in [1.82, 2.24) is 15.0 Å². The van der Waals surface area contributed by atoms with Crippen LogP contribution in [0.4, 0.5) is 0 Å². The van der Waals surface area contributed by atoms with E-state index in [2.05, 4.69) is 117 Å². The second-order valence-electron chi connectivity index (χ2n) is 14.0. The molecule has 1 aromatic heterocycles. The SMILES string of the molecule is CC1(C)c2cc3cc(-c4cccc(-c5nc(-c6ccccc6)nc(-c6ccccc6)n5)c4)ccc3cc2-c2c1c1ccccc1c1ccccc21. The summed E-state index contributed by atoms with van der Waals surface area (Å²) in [4.78, 5) is 14.8. The molecule has 3 nitrogen and oxygen atoms in total. The molecule has 0 atom stereocenters. The molecule has 1 aliphatic rings. The molecule has 1 heterocycles. The van der Waals surface area contributed by atoms with Crippen LogP contribution in [0.3, 0.4) is 0 Å². The number of aromatic nitrogens is 3. The molecule has 0 saturated carbocycles. The number of rotatable bonds is 4. The van der Waals surface area contributed by atoms with E-state index in [0.29, 0.717) is 17.5 Å². The third-order valence-corrected chi connectivity index (χ3v) is 10.6. The molecule has 0 aliphatic heterocycles. The smallest absolute Gasteiger partial charge is 0.164 e. The second kappa shape index (κ2) is 11.3. The average Bonchev–Trinajstić information content (AvgIpc) is 3.43. The molecule has 0 unspecified atom stereocenters. The van der Waals surface area contributed by atoms with Crippen molar-refractivity contribution in [3.05, 3.63) is 175 Å². The van der Waals surface area contributed by atoms with Crippen LogP contribution in [0, 0.1) is 0 Å². The molecule has 3 heteroatoms. The van der Waals surface area contributed by atoms with Gasteiger partial charge in [0.1, 0.15) is 0 Å². The summed E-state index contributed by atoms with van der Waals surface area (Å²) in [5, 5.41) is 7.80. The Hall–Kier alpha value is -6.45. The van der Waals surface area contributed by atoms with Gasteiger partial charge in [-0.3, -0.25) is 0 Å². The third-order valence-electron chi connectivity index (χ3n) is 10.6. The van der Waals surface area contributed by atoms with E-state index in [9.17, 15) is 0 Å². The first-order chi connectivity index (χ1) is 25.0. The van der Waals surface area contributed by atoms with Gasteiger partial charge in [-0.05, 0) is 90.0 Å². The van der Waals surface area contributed by atoms with E-state index in [4.69, 9.17) is 15.0 Å². The maximum Gasteiger partial charge on any atom is 0.164 e. The van der Waals surface area contributed by atoms with E-state index in [1.807, 2.05) is 60.7 Å². The van der Waals surface area contributed by atoms with E-state index in [0.717, 1.165) is 27.8 Å². The van der Waals surface area contributed by atoms with E-state index < -0.39 is 0 Å². The molecule has 10 rings (SSSR count). The average molecular weight is 652 g/mol. The molecule has 0 saturated heterocycles. The predicted molar refractivity (Wildman–Crippen MR) is 212 cm³/mol. The molecule has 0 fully saturated rings. The Kier molecular flexibility index (Phi) is 6.53. The fourth-order valence-corrected chi connectivity index (χ4v) is 8.18. The highest BCUT2D eigenvalue weighted by Crippen LogP contribution is 2.55. The fraction of sp³-hybridized carbons (Fsp3) is 0.0625. The Bertz CT molecular complexity index is 2760. The fourth-order valence-electron chi connectivity index (χ4n) is 8.18. The van der Waals surface area contributed by atoms with Gasteiger partial charge in [-0.1, -0.05) is 153 Å². The van der Waals surface area contributed by atoms with Crippen LogP contribution >= 0.6 is 0 Å². The van der Waals surface area contributed by atoms with E-state index in [1.165, 1.54) is 54.6 Å². The quantitative estimate of drug-likeness (QED) is 0.178. The van der Waals surface area contributed by atoms with Crippen LogP contribution in [0.1, 0.15) is 25.0 Å². The largest absolute Gasteiger partial charge is 0.208 e. The lowest BCUT2D eigenvalue weighted by Crippen LogP contribution is -2.15. The number of nitrogens with zero attached hydrogens (tertiary/aromatic N) is 3. The molecular weight excluding hydrogens is 619 g/mol. The molecule has 0 radical (unpaired) electrons. The summed E-state index contributed by atoms with van der Waals surface area (Å²) < 4.78 is 0. The highest BCUT2D eigenvalue weighted by molar-refractivity contribution is 6.19. The van der Waals surface area contributed by atoms with Crippen molar-refractivity contribution in [3.8, 4) is 56.4 Å². The second-order valence-corrected chi connectivity index (χ2v) is 14.0. The maximum absolute atomic E-state index is 4.98. The van der Waals surface area contributed by atoms with E-state index in [1.54, 1.807) is 0 Å². The highest BCUT2D eigenvalue weighted by Gasteiger charge is 2.38. The first-order valence-electron chi connectivity index (χ1n) is 17.5. The first-order valence-corrected chi connectivity index (χ1v) is 17.5. The zero-order chi connectivity index (χ0) is 34.1. The lowest BCUT2D eigenvalue weighted by Gasteiger charge is -2.24. The Morgan fingerprint density at radius 3 is 1.55 bits per heavy atom. The molecule has 0 spiro atoms. The number of benzene rings is 8. The molecule has 51 heavy (non-hydrogen) atoms. The molecule has 0 bridgehead atoms. The summed E-state index contributed by atoms with van der Waals surface area (Å²) in [5.74, 6) is 1.98. The van der Waals surface area contributed by atoms with Gasteiger partial charge in [0.15, 0.2) is 17.5 Å². The van der Waals surface area contributed by atoms with Gasteiger partial charge in [-0.15, -0.1) is 0 Å². The van der Waals surface area contributed by atoms with Gasteiger partial charge in [-0.2, -0.15) is 0 Å². The first kappa shape index (κ1) is 29.5. The van der Waals surface area contributed by atoms with Crippen molar-refractivity contribution in [2.45, 2.75) is 19.3 Å². The Labute approximate surface area is 297 Å². The standard InChI is InChI=1S/C48H33N3/c1-48(2)42-29-36-27-33(24-25-34(36)28-41(42)43-39-22-11-9-20-37(39)38-21-10-12-23-40(38)44(43)48)32-18-13-19-35(26-32)47-50-45(30-14-5-3-6-15-30)49-46(51-47)31-16-7-4-8-17-31/h3-29H,1-2H3. The minimum atomic E-state index is -0.149. The van der Waals surface area contributed by atoms with Gasteiger partial charge in [0.05, 0.1) is 0 Å². The Balaban J connectivity index is 1.10. The summed E-state index contributed by atoms with van der Waals surface area (Å²) in [7, 11) is 0. The van der Waals surface area contributed by atoms with Crippen molar-refractivity contribution in [1.29, 1.82) is 0 Å². The minimum Gasteiger partial charge on any atom is -0.208 e. The van der Waals surface area contributed by atoms with Gasteiger partial charge in [-0.25, -0.2) is 15.0 Å². The summed E-state index contributed by atoms with van der Waals surface area (Å²) in [6.45, 7) is 4.78. The Morgan fingerprint density at radius 2 is 0.882 bits per heavy atom. The summed E-state index contributed by atoms with van der Waals surface area (Å²) in [6.07, 6.45) is 0. The lowest BCUT2D eigenvalue weighted by atomic mass is 9.79. The third kappa shape index (κ3) is 4.69. The number of hydrogen-bond acceptors (Lipinski definition) is 3. The summed E-state index contributed by atoms with van der Waals surface area (Å²) >= 11 is 0. The molecule has 240 valence electrons. The van der Waals surface area contributed by atoms with E-state index >= 15 is 0 Å². The normalized spacial score (nSPS) is 13.1. The van der Waals surface area contributed by atoms with Crippen molar-refractivity contribution in [2.75, 3.05) is 0 Å². The number of fused-ring (bicyclic) bond motifs is 9.